The summed E-state index contributed by atoms with van der Waals surface area (Å²) in [6.07, 6.45) is 0.978. The van der Waals surface area contributed by atoms with Gasteiger partial charge in [0.15, 0.2) is 5.76 Å². The minimum absolute atomic E-state index is 0.0502. The molecule has 1 N–H and O–H groups in total. The molecule has 2 aliphatic rings. The van der Waals surface area contributed by atoms with E-state index < -0.39 is 10.8 Å². The summed E-state index contributed by atoms with van der Waals surface area (Å²) < 4.78 is 4.96. The minimum Gasteiger partial charge on any atom is -0.395 e. The van der Waals surface area contributed by atoms with Crippen LogP contribution in [0.5, 0.6) is 0 Å². The third kappa shape index (κ3) is 1.67. The van der Waals surface area contributed by atoms with Crippen molar-refractivity contribution in [2.24, 2.45) is 5.92 Å². The number of carbonyl (C=O) groups excluding carboxylic acids is 1. The molecule has 3 rings (SSSR count). The first-order valence-electron chi connectivity index (χ1n) is 5.93. The Morgan fingerprint density at radius 1 is 1.50 bits per heavy atom. The number of nitrogens with one attached hydrogen (secondary N) is 1. The number of rotatable bonds is 2. The van der Waals surface area contributed by atoms with Crippen LogP contribution in [0.25, 0.3) is 0 Å². The molecule has 18 heavy (non-hydrogen) atoms. The number of likely N-dealkylation sites (tertiary alicyclic amines) is 1. The lowest BCUT2D eigenvalue weighted by atomic mass is 10.1. The zero-order chi connectivity index (χ0) is 12.7. The van der Waals surface area contributed by atoms with Gasteiger partial charge < -0.3 is 14.6 Å². The Morgan fingerprint density at radius 3 is 3.06 bits per heavy atom. The topological polar surface area (TPSA) is 88.6 Å². The molecule has 0 aliphatic carbocycles. The van der Waals surface area contributed by atoms with Crippen molar-refractivity contribution in [2.75, 3.05) is 19.6 Å². The second-order valence-corrected chi connectivity index (χ2v) is 4.67. The minimum atomic E-state index is -0.638. The summed E-state index contributed by atoms with van der Waals surface area (Å²) in [5.74, 6) is -0.0916. The summed E-state index contributed by atoms with van der Waals surface area (Å²) in [6.45, 7) is 2.43. The molecule has 0 saturated carbocycles. The third-order valence-corrected chi connectivity index (χ3v) is 3.69. The van der Waals surface area contributed by atoms with Crippen LogP contribution in [0.2, 0.25) is 0 Å². The highest BCUT2D eigenvalue weighted by Crippen LogP contribution is 2.29. The zero-order valence-corrected chi connectivity index (χ0v) is 9.67. The second kappa shape index (κ2) is 4.09. The Hall–Kier alpha value is -1.89. The summed E-state index contributed by atoms with van der Waals surface area (Å²) in [7, 11) is 0. The van der Waals surface area contributed by atoms with E-state index in [1.807, 2.05) is 0 Å². The number of fused-ring (bicyclic) bond motifs is 1. The van der Waals surface area contributed by atoms with Crippen LogP contribution in [0.3, 0.4) is 0 Å². The van der Waals surface area contributed by atoms with Crippen LogP contribution in [0, 0.1) is 16.0 Å². The van der Waals surface area contributed by atoms with Crippen LogP contribution in [-0.4, -0.2) is 41.4 Å². The molecular weight excluding hydrogens is 238 g/mol. The molecule has 0 radical (unpaired) electrons. The first-order chi connectivity index (χ1) is 8.66. The molecular formula is C11H13N3O4. The molecule has 2 atom stereocenters. The van der Waals surface area contributed by atoms with E-state index in [2.05, 4.69) is 5.32 Å². The molecule has 2 aliphatic heterocycles. The van der Waals surface area contributed by atoms with Gasteiger partial charge in [-0.15, -0.1) is 0 Å². The maximum absolute atomic E-state index is 12.2. The molecule has 0 bridgehead atoms. The van der Waals surface area contributed by atoms with Crippen molar-refractivity contribution >= 4 is 11.8 Å². The van der Waals surface area contributed by atoms with Crippen LogP contribution in [0.15, 0.2) is 16.5 Å². The van der Waals surface area contributed by atoms with Gasteiger partial charge in [-0.05, 0) is 18.4 Å². The van der Waals surface area contributed by atoms with E-state index in [4.69, 9.17) is 4.42 Å². The van der Waals surface area contributed by atoms with Crippen LogP contribution >= 0.6 is 0 Å². The van der Waals surface area contributed by atoms with Gasteiger partial charge in [-0.2, -0.15) is 0 Å². The maximum atomic E-state index is 12.2. The Labute approximate surface area is 103 Å². The molecule has 0 unspecified atom stereocenters. The van der Waals surface area contributed by atoms with E-state index in [1.54, 1.807) is 4.90 Å². The molecule has 0 aromatic carbocycles. The molecule has 1 aromatic rings. The van der Waals surface area contributed by atoms with Gasteiger partial charge in [-0.1, -0.05) is 0 Å². The summed E-state index contributed by atoms with van der Waals surface area (Å²) in [5, 5.41) is 13.8. The summed E-state index contributed by atoms with van der Waals surface area (Å²) in [6, 6.07) is 2.78. The van der Waals surface area contributed by atoms with Crippen LogP contribution < -0.4 is 5.32 Å². The number of nitrogens with zero attached hydrogens (tertiary/aromatic N) is 2. The van der Waals surface area contributed by atoms with Crippen molar-refractivity contribution in [3.05, 3.63) is 28.0 Å². The van der Waals surface area contributed by atoms with Crippen LogP contribution in [0.4, 0.5) is 5.88 Å². The lowest BCUT2D eigenvalue weighted by molar-refractivity contribution is -0.402. The molecule has 2 saturated heterocycles. The van der Waals surface area contributed by atoms with Gasteiger partial charge in [-0.3, -0.25) is 14.9 Å². The van der Waals surface area contributed by atoms with Crippen molar-refractivity contribution in [3.63, 3.8) is 0 Å². The van der Waals surface area contributed by atoms with Gasteiger partial charge in [0.1, 0.15) is 4.92 Å². The van der Waals surface area contributed by atoms with Gasteiger partial charge in [0.25, 0.3) is 5.91 Å². The predicted molar refractivity (Wildman–Crippen MR) is 61.2 cm³/mol. The lowest BCUT2D eigenvalue weighted by Gasteiger charge is -2.21. The van der Waals surface area contributed by atoms with Crippen molar-refractivity contribution < 1.29 is 14.1 Å². The summed E-state index contributed by atoms with van der Waals surface area (Å²) in [4.78, 5) is 23.8. The molecule has 0 spiro atoms. The number of hydrogen-bond acceptors (Lipinski definition) is 5. The van der Waals surface area contributed by atoms with Crippen LogP contribution in [0.1, 0.15) is 17.0 Å². The lowest BCUT2D eigenvalue weighted by Crippen LogP contribution is -2.38. The fourth-order valence-corrected chi connectivity index (χ4v) is 2.78. The number of amides is 1. The molecule has 3 heterocycles. The standard InChI is InChI=1S/C11H13N3O4/c15-11(9-1-2-10(18-9)14(16)17)13-4-3-7-5-12-6-8(7)13/h1-2,7-8,12H,3-6H2/t7-,8+/m1/s1. The molecule has 1 amide bonds. The number of furan rings is 1. The van der Waals surface area contributed by atoms with E-state index in [-0.39, 0.29) is 17.7 Å². The molecule has 2 fully saturated rings. The first-order valence-corrected chi connectivity index (χ1v) is 5.93. The van der Waals surface area contributed by atoms with Crippen LogP contribution in [-0.2, 0) is 0 Å². The van der Waals surface area contributed by atoms with Gasteiger partial charge in [0, 0.05) is 25.7 Å². The highest BCUT2D eigenvalue weighted by Gasteiger charge is 2.41. The average molecular weight is 251 g/mol. The van der Waals surface area contributed by atoms with Gasteiger partial charge in [0.2, 0.25) is 0 Å². The Bertz CT molecular complexity index is 498. The zero-order valence-electron chi connectivity index (χ0n) is 9.67. The fourth-order valence-electron chi connectivity index (χ4n) is 2.78. The second-order valence-electron chi connectivity index (χ2n) is 4.67. The SMILES string of the molecule is O=C(c1ccc([N+](=O)[O-])o1)N1CC[C@@H]2CNC[C@@H]21. The quantitative estimate of drug-likeness (QED) is 0.615. The number of carbonyl (C=O) groups is 1. The Kier molecular flexibility index (Phi) is 2.55. The largest absolute Gasteiger partial charge is 0.433 e. The Balaban J connectivity index is 1.79. The smallest absolute Gasteiger partial charge is 0.395 e. The van der Waals surface area contributed by atoms with E-state index in [1.165, 1.54) is 12.1 Å². The highest BCUT2D eigenvalue weighted by molar-refractivity contribution is 5.92. The predicted octanol–water partition coefficient (Wildman–Crippen LogP) is 0.622. The number of hydrogen-bond donors (Lipinski definition) is 1. The fraction of sp³-hybridized carbons (Fsp3) is 0.545. The van der Waals surface area contributed by atoms with Crippen molar-refractivity contribution in [1.29, 1.82) is 0 Å². The van der Waals surface area contributed by atoms with E-state index in [0.29, 0.717) is 12.5 Å². The van der Waals surface area contributed by atoms with E-state index in [0.717, 1.165) is 19.5 Å². The maximum Gasteiger partial charge on any atom is 0.433 e. The molecule has 1 aromatic heterocycles. The monoisotopic (exact) mass is 251 g/mol. The van der Waals surface area contributed by atoms with Crippen molar-refractivity contribution in [3.8, 4) is 0 Å². The molecule has 96 valence electrons. The van der Waals surface area contributed by atoms with Gasteiger partial charge in [0.05, 0.1) is 6.07 Å². The average Bonchev–Trinajstić information content (AvgIpc) is 3.04. The van der Waals surface area contributed by atoms with Crippen molar-refractivity contribution in [2.45, 2.75) is 12.5 Å². The summed E-state index contributed by atoms with van der Waals surface area (Å²) in [5.41, 5.74) is 0. The van der Waals surface area contributed by atoms with E-state index >= 15 is 0 Å². The van der Waals surface area contributed by atoms with Gasteiger partial charge >= 0.3 is 5.88 Å². The molecule has 7 heteroatoms. The first kappa shape index (κ1) is 11.2. The van der Waals surface area contributed by atoms with Gasteiger partial charge in [-0.25, -0.2) is 0 Å². The summed E-state index contributed by atoms with van der Waals surface area (Å²) >= 11 is 0. The van der Waals surface area contributed by atoms with E-state index in [9.17, 15) is 14.9 Å². The Morgan fingerprint density at radius 2 is 2.33 bits per heavy atom. The number of nitro groups is 1. The normalized spacial score (nSPS) is 26.3. The molecule has 7 nitrogen and oxygen atoms in total. The highest BCUT2D eigenvalue weighted by atomic mass is 16.6. The third-order valence-electron chi connectivity index (χ3n) is 3.69. The van der Waals surface area contributed by atoms with Crippen molar-refractivity contribution in [1.82, 2.24) is 10.2 Å².